The third-order valence-corrected chi connectivity index (χ3v) is 7.30. The molecule has 0 radical (unpaired) electrons. The number of para-hydroxylation sites is 1. The Morgan fingerprint density at radius 3 is 2.84 bits per heavy atom. The van der Waals surface area contributed by atoms with Gasteiger partial charge in [-0.3, -0.25) is 9.59 Å². The normalized spacial score (nSPS) is 26.2. The Bertz CT molecular complexity index is 808. The van der Waals surface area contributed by atoms with Crippen LogP contribution < -0.4 is 16.0 Å². The quantitative estimate of drug-likeness (QED) is 0.602. The molecule has 7 heteroatoms. The minimum Gasteiger partial charge on any atom is -0.378 e. The summed E-state index contributed by atoms with van der Waals surface area (Å²) in [7, 11) is 0. The molecule has 32 heavy (non-hydrogen) atoms. The Morgan fingerprint density at radius 2 is 2.09 bits per heavy atom. The summed E-state index contributed by atoms with van der Waals surface area (Å²) in [5.74, 6) is 0.662. The third-order valence-electron chi connectivity index (χ3n) is 7.30. The summed E-state index contributed by atoms with van der Waals surface area (Å²) in [6.45, 7) is 7.91. The van der Waals surface area contributed by atoms with Gasteiger partial charge in [-0.15, -0.1) is 0 Å². The van der Waals surface area contributed by atoms with E-state index in [4.69, 9.17) is 4.74 Å². The van der Waals surface area contributed by atoms with Crippen molar-refractivity contribution in [1.29, 1.82) is 0 Å². The molecule has 3 N–H and O–H groups in total. The standard InChI is InChI=1S/C25H38N4O3/c1-3-18-7-4-8-19-16-21(27-24(18)19)25(31)28-20(23-17(2)6-5-11-26-23)9-10-22(30)29-12-14-32-15-13-29/h4,7-8,17,20-21,23,26-27H,3,5-6,9-16H2,1-2H3,(H,28,31). The zero-order valence-corrected chi connectivity index (χ0v) is 19.5. The van der Waals surface area contributed by atoms with Crippen LogP contribution >= 0.6 is 0 Å². The highest BCUT2D eigenvalue weighted by Gasteiger charge is 2.34. The van der Waals surface area contributed by atoms with Gasteiger partial charge in [-0.1, -0.05) is 32.0 Å². The first-order valence-corrected chi connectivity index (χ1v) is 12.3. The van der Waals surface area contributed by atoms with Crippen molar-refractivity contribution < 1.29 is 14.3 Å². The number of morpholine rings is 1. The zero-order chi connectivity index (χ0) is 22.5. The molecular weight excluding hydrogens is 404 g/mol. The first-order valence-electron chi connectivity index (χ1n) is 12.3. The fourth-order valence-electron chi connectivity index (χ4n) is 5.39. The molecule has 2 saturated heterocycles. The van der Waals surface area contributed by atoms with E-state index in [2.05, 4.69) is 48.0 Å². The van der Waals surface area contributed by atoms with Crippen molar-refractivity contribution in [1.82, 2.24) is 15.5 Å². The molecule has 176 valence electrons. The van der Waals surface area contributed by atoms with Crippen LogP contribution in [0, 0.1) is 5.92 Å². The molecule has 1 aromatic carbocycles. The van der Waals surface area contributed by atoms with E-state index in [0.29, 0.717) is 51.5 Å². The van der Waals surface area contributed by atoms with Crippen LogP contribution in [0.4, 0.5) is 5.69 Å². The summed E-state index contributed by atoms with van der Waals surface area (Å²) >= 11 is 0. The van der Waals surface area contributed by atoms with E-state index in [1.807, 2.05) is 4.90 Å². The highest BCUT2D eigenvalue weighted by atomic mass is 16.5. The lowest BCUT2D eigenvalue weighted by atomic mass is 9.85. The molecule has 7 nitrogen and oxygen atoms in total. The topological polar surface area (TPSA) is 82.7 Å². The monoisotopic (exact) mass is 442 g/mol. The first-order chi connectivity index (χ1) is 15.6. The molecule has 2 fully saturated rings. The van der Waals surface area contributed by atoms with Crippen molar-refractivity contribution in [2.24, 2.45) is 5.92 Å². The maximum atomic E-state index is 13.3. The van der Waals surface area contributed by atoms with Gasteiger partial charge in [-0.2, -0.15) is 0 Å². The van der Waals surface area contributed by atoms with Crippen LogP contribution in [0.15, 0.2) is 18.2 Å². The molecule has 3 heterocycles. The van der Waals surface area contributed by atoms with Gasteiger partial charge >= 0.3 is 0 Å². The number of carbonyl (C=O) groups is 2. The first kappa shape index (κ1) is 23.1. The maximum absolute atomic E-state index is 13.3. The average Bonchev–Trinajstić information content (AvgIpc) is 3.27. The number of fused-ring (bicyclic) bond motifs is 1. The van der Waals surface area contributed by atoms with Crippen molar-refractivity contribution in [3.63, 3.8) is 0 Å². The van der Waals surface area contributed by atoms with Crippen LogP contribution in [0.5, 0.6) is 0 Å². The van der Waals surface area contributed by atoms with Gasteiger partial charge in [0, 0.05) is 43.7 Å². The van der Waals surface area contributed by atoms with Gasteiger partial charge in [-0.25, -0.2) is 0 Å². The number of nitrogens with one attached hydrogen (secondary N) is 3. The molecule has 2 amide bonds. The van der Waals surface area contributed by atoms with Gasteiger partial charge in [0.25, 0.3) is 0 Å². The van der Waals surface area contributed by atoms with Crippen molar-refractivity contribution in [2.45, 2.75) is 70.5 Å². The van der Waals surface area contributed by atoms with Gasteiger partial charge in [0.15, 0.2) is 0 Å². The fraction of sp³-hybridized carbons (Fsp3) is 0.680. The van der Waals surface area contributed by atoms with Crippen molar-refractivity contribution in [3.8, 4) is 0 Å². The molecule has 3 aliphatic heterocycles. The number of ether oxygens (including phenoxy) is 1. The number of hydrogen-bond donors (Lipinski definition) is 3. The summed E-state index contributed by atoms with van der Waals surface area (Å²) in [5.41, 5.74) is 3.60. The molecule has 4 atom stereocenters. The summed E-state index contributed by atoms with van der Waals surface area (Å²) in [4.78, 5) is 27.9. The number of hydrogen-bond acceptors (Lipinski definition) is 5. The van der Waals surface area contributed by atoms with Crippen LogP contribution in [0.25, 0.3) is 0 Å². The number of anilines is 1. The van der Waals surface area contributed by atoms with Crippen LogP contribution in [-0.2, 0) is 27.2 Å². The minimum atomic E-state index is -0.256. The van der Waals surface area contributed by atoms with Crippen LogP contribution in [0.1, 0.15) is 50.7 Å². The van der Waals surface area contributed by atoms with E-state index in [0.717, 1.165) is 31.5 Å². The number of nitrogens with zero attached hydrogens (tertiary/aromatic N) is 1. The Balaban J connectivity index is 1.40. The van der Waals surface area contributed by atoms with E-state index < -0.39 is 0 Å². The summed E-state index contributed by atoms with van der Waals surface area (Å²) in [5, 5.41) is 10.4. The van der Waals surface area contributed by atoms with Crippen molar-refractivity contribution in [3.05, 3.63) is 29.3 Å². The van der Waals surface area contributed by atoms with E-state index >= 15 is 0 Å². The van der Waals surface area contributed by atoms with E-state index in [-0.39, 0.29) is 29.9 Å². The smallest absolute Gasteiger partial charge is 0.243 e. The third kappa shape index (κ3) is 5.26. The fourth-order valence-corrected chi connectivity index (χ4v) is 5.39. The van der Waals surface area contributed by atoms with Gasteiger partial charge < -0.3 is 25.6 Å². The Morgan fingerprint density at radius 1 is 1.28 bits per heavy atom. The lowest BCUT2D eigenvalue weighted by Gasteiger charge is -2.37. The largest absolute Gasteiger partial charge is 0.378 e. The molecule has 0 spiro atoms. The van der Waals surface area contributed by atoms with Gasteiger partial charge in [0.1, 0.15) is 6.04 Å². The molecule has 4 rings (SSSR count). The highest BCUT2D eigenvalue weighted by Crippen LogP contribution is 2.30. The second kappa shape index (κ2) is 10.7. The molecule has 0 aromatic heterocycles. The van der Waals surface area contributed by atoms with Gasteiger partial charge in [0.05, 0.1) is 13.2 Å². The average molecular weight is 443 g/mol. The molecule has 0 bridgehead atoms. The van der Waals surface area contributed by atoms with E-state index in [1.165, 1.54) is 11.1 Å². The number of aryl methyl sites for hydroxylation is 1. The number of carbonyl (C=O) groups excluding carboxylic acids is 2. The summed E-state index contributed by atoms with van der Waals surface area (Å²) in [6, 6.07) is 6.19. The van der Waals surface area contributed by atoms with Crippen LogP contribution in [-0.4, -0.2) is 67.7 Å². The van der Waals surface area contributed by atoms with E-state index in [1.54, 1.807) is 0 Å². The molecule has 1 aromatic rings. The summed E-state index contributed by atoms with van der Waals surface area (Å²) in [6.07, 6.45) is 5.07. The molecule has 0 saturated carbocycles. The molecule has 0 aliphatic carbocycles. The van der Waals surface area contributed by atoms with Crippen LogP contribution in [0.3, 0.4) is 0 Å². The second-order valence-corrected chi connectivity index (χ2v) is 9.45. The second-order valence-electron chi connectivity index (χ2n) is 9.45. The van der Waals surface area contributed by atoms with Crippen LogP contribution in [0.2, 0.25) is 0 Å². The SMILES string of the molecule is CCc1cccc2c1NC(C(=O)NC(CCC(=O)N1CCOCC1)C1NCCCC1C)C2. The van der Waals surface area contributed by atoms with Gasteiger partial charge in [-0.05, 0) is 49.3 Å². The van der Waals surface area contributed by atoms with Crippen molar-refractivity contribution in [2.75, 3.05) is 38.2 Å². The molecular formula is C25H38N4O3. The molecule has 3 aliphatic rings. The van der Waals surface area contributed by atoms with Gasteiger partial charge in [0.2, 0.25) is 11.8 Å². The number of piperidine rings is 1. The number of benzene rings is 1. The number of amides is 2. The predicted octanol–water partition coefficient (Wildman–Crippen LogP) is 2.10. The highest BCUT2D eigenvalue weighted by molar-refractivity contribution is 5.88. The number of rotatable bonds is 7. The summed E-state index contributed by atoms with van der Waals surface area (Å²) < 4.78 is 5.37. The predicted molar refractivity (Wildman–Crippen MR) is 126 cm³/mol. The molecule has 4 unspecified atom stereocenters. The maximum Gasteiger partial charge on any atom is 0.243 e. The zero-order valence-electron chi connectivity index (χ0n) is 19.5. The minimum absolute atomic E-state index is 0.0339. The Kier molecular flexibility index (Phi) is 7.68. The Labute approximate surface area is 191 Å². The lowest BCUT2D eigenvalue weighted by molar-refractivity contribution is -0.135. The van der Waals surface area contributed by atoms with Crippen molar-refractivity contribution >= 4 is 17.5 Å². The lowest BCUT2D eigenvalue weighted by Crippen LogP contribution is -2.57. The van der Waals surface area contributed by atoms with E-state index in [9.17, 15) is 9.59 Å². The Hall–Kier alpha value is -2.12.